The zero-order chi connectivity index (χ0) is 10.6. The van der Waals surface area contributed by atoms with Crippen LogP contribution < -0.4 is 0 Å². The quantitative estimate of drug-likeness (QED) is 0.376. The van der Waals surface area contributed by atoms with Crippen molar-refractivity contribution in [1.29, 1.82) is 0 Å². The van der Waals surface area contributed by atoms with Crippen LogP contribution in [0.4, 0.5) is 0 Å². The Hall–Kier alpha value is 0.640. The highest BCUT2D eigenvalue weighted by Gasteiger charge is 2.00. The summed E-state index contributed by atoms with van der Waals surface area (Å²) in [4.78, 5) is 0. The molecule has 0 radical (unpaired) electrons. The molecule has 0 aromatic rings. The Bertz CT molecular complexity index is 106. The molecule has 0 rings (SSSR count). The third-order valence-electron chi connectivity index (χ3n) is 2.42. The molecular formula is C12H25ClS. The molecule has 0 spiro atoms. The summed E-state index contributed by atoms with van der Waals surface area (Å²) in [5.74, 6) is 2.13. The summed E-state index contributed by atoms with van der Waals surface area (Å²) in [5, 5.41) is 0.753. The molecule has 0 aliphatic rings. The van der Waals surface area contributed by atoms with Crippen molar-refractivity contribution in [3.8, 4) is 0 Å². The van der Waals surface area contributed by atoms with E-state index >= 15 is 0 Å². The van der Waals surface area contributed by atoms with Crippen molar-refractivity contribution in [2.24, 2.45) is 0 Å². The number of halogens is 1. The van der Waals surface area contributed by atoms with Crippen LogP contribution in [0.3, 0.4) is 0 Å². The molecule has 0 fully saturated rings. The lowest BCUT2D eigenvalue weighted by atomic mass is 10.1. The first-order chi connectivity index (χ1) is 6.81. The van der Waals surface area contributed by atoms with E-state index in [-0.39, 0.29) is 0 Å². The van der Waals surface area contributed by atoms with E-state index in [1.807, 2.05) is 0 Å². The van der Waals surface area contributed by atoms with Gasteiger partial charge in [0.25, 0.3) is 0 Å². The van der Waals surface area contributed by atoms with Crippen molar-refractivity contribution in [3.63, 3.8) is 0 Å². The van der Waals surface area contributed by atoms with Crippen molar-refractivity contribution in [2.75, 3.05) is 11.6 Å². The number of alkyl halides is 1. The molecular weight excluding hydrogens is 212 g/mol. The zero-order valence-electron chi connectivity index (χ0n) is 9.73. The second-order valence-electron chi connectivity index (χ2n) is 3.93. The molecule has 0 aliphatic carbocycles. The fraction of sp³-hybridized carbons (Fsp3) is 1.00. The standard InChI is InChI=1S/C12H25ClS/c1-3-4-5-6-7-8-11-14-12(2)9-10-13/h12H,3-11H2,1-2H3. The summed E-state index contributed by atoms with van der Waals surface area (Å²) in [6.07, 6.45) is 9.58. The minimum absolute atomic E-state index is 0.753. The second kappa shape index (κ2) is 11.7. The highest BCUT2D eigenvalue weighted by Crippen LogP contribution is 2.17. The Morgan fingerprint density at radius 1 is 1.07 bits per heavy atom. The smallest absolute Gasteiger partial charge is 0.0233 e. The van der Waals surface area contributed by atoms with E-state index in [0.717, 1.165) is 17.6 Å². The van der Waals surface area contributed by atoms with Gasteiger partial charge in [-0.3, -0.25) is 0 Å². The van der Waals surface area contributed by atoms with Gasteiger partial charge in [0.05, 0.1) is 0 Å². The normalized spacial score (nSPS) is 13.1. The van der Waals surface area contributed by atoms with Gasteiger partial charge in [0, 0.05) is 11.1 Å². The Morgan fingerprint density at radius 2 is 1.71 bits per heavy atom. The van der Waals surface area contributed by atoms with Gasteiger partial charge in [0.1, 0.15) is 0 Å². The Balaban J connectivity index is 2.98. The van der Waals surface area contributed by atoms with E-state index in [1.165, 1.54) is 44.3 Å². The molecule has 0 aliphatic heterocycles. The van der Waals surface area contributed by atoms with Gasteiger partial charge < -0.3 is 0 Å². The van der Waals surface area contributed by atoms with Crippen LogP contribution in [0.15, 0.2) is 0 Å². The van der Waals surface area contributed by atoms with Gasteiger partial charge in [-0.2, -0.15) is 11.8 Å². The van der Waals surface area contributed by atoms with Gasteiger partial charge in [-0.05, 0) is 18.6 Å². The van der Waals surface area contributed by atoms with E-state index in [4.69, 9.17) is 11.6 Å². The molecule has 1 unspecified atom stereocenters. The lowest BCUT2D eigenvalue weighted by molar-refractivity contribution is 0.626. The molecule has 0 nitrogen and oxygen atoms in total. The summed E-state index contributed by atoms with van der Waals surface area (Å²) >= 11 is 7.76. The molecule has 0 N–H and O–H groups in total. The van der Waals surface area contributed by atoms with Crippen LogP contribution in [-0.2, 0) is 0 Å². The molecule has 0 amide bonds. The highest BCUT2D eigenvalue weighted by atomic mass is 35.5. The van der Waals surface area contributed by atoms with Gasteiger partial charge in [-0.1, -0.05) is 46.0 Å². The minimum atomic E-state index is 0.753. The monoisotopic (exact) mass is 236 g/mol. The molecule has 1 atom stereocenters. The molecule has 86 valence electrons. The first-order valence-electron chi connectivity index (χ1n) is 5.98. The van der Waals surface area contributed by atoms with Gasteiger partial charge in [-0.15, -0.1) is 11.6 Å². The first kappa shape index (κ1) is 14.6. The third-order valence-corrected chi connectivity index (χ3v) is 3.96. The number of thioether (sulfide) groups is 1. The Morgan fingerprint density at radius 3 is 2.36 bits per heavy atom. The number of unbranched alkanes of at least 4 members (excludes halogenated alkanes) is 5. The van der Waals surface area contributed by atoms with Crippen LogP contribution in [-0.4, -0.2) is 16.9 Å². The van der Waals surface area contributed by atoms with Crippen LogP contribution >= 0.6 is 23.4 Å². The Labute approximate surface area is 99.2 Å². The van der Waals surface area contributed by atoms with Gasteiger partial charge >= 0.3 is 0 Å². The summed E-state index contributed by atoms with van der Waals surface area (Å²) in [6, 6.07) is 0. The zero-order valence-corrected chi connectivity index (χ0v) is 11.3. The van der Waals surface area contributed by atoms with Crippen molar-refractivity contribution >= 4 is 23.4 Å². The predicted molar refractivity (Wildman–Crippen MR) is 70.6 cm³/mol. The van der Waals surface area contributed by atoms with Crippen molar-refractivity contribution in [1.82, 2.24) is 0 Å². The van der Waals surface area contributed by atoms with Gasteiger partial charge in [-0.25, -0.2) is 0 Å². The van der Waals surface area contributed by atoms with Gasteiger partial charge in [0.2, 0.25) is 0 Å². The fourth-order valence-electron chi connectivity index (χ4n) is 1.40. The van der Waals surface area contributed by atoms with Crippen LogP contribution in [0.25, 0.3) is 0 Å². The van der Waals surface area contributed by atoms with Crippen LogP contribution in [0, 0.1) is 0 Å². The lowest BCUT2D eigenvalue weighted by Gasteiger charge is -2.08. The van der Waals surface area contributed by atoms with Gasteiger partial charge in [0.15, 0.2) is 0 Å². The van der Waals surface area contributed by atoms with Crippen molar-refractivity contribution in [3.05, 3.63) is 0 Å². The van der Waals surface area contributed by atoms with E-state index < -0.39 is 0 Å². The molecule has 0 aromatic heterocycles. The fourth-order valence-corrected chi connectivity index (χ4v) is 2.92. The number of rotatable bonds is 10. The van der Waals surface area contributed by atoms with E-state index in [9.17, 15) is 0 Å². The van der Waals surface area contributed by atoms with Crippen molar-refractivity contribution < 1.29 is 0 Å². The Kier molecular flexibility index (Phi) is 12.2. The summed E-state index contributed by atoms with van der Waals surface area (Å²) in [5.41, 5.74) is 0. The summed E-state index contributed by atoms with van der Waals surface area (Å²) in [7, 11) is 0. The molecule has 0 heterocycles. The van der Waals surface area contributed by atoms with Crippen LogP contribution in [0.2, 0.25) is 0 Å². The maximum atomic E-state index is 5.68. The SMILES string of the molecule is CCCCCCCCSC(C)CCCl. The lowest BCUT2D eigenvalue weighted by Crippen LogP contribution is -1.98. The average molecular weight is 237 g/mol. The van der Waals surface area contributed by atoms with E-state index in [2.05, 4.69) is 25.6 Å². The molecule has 2 heteroatoms. The predicted octanol–water partition coefficient (Wildman–Crippen LogP) is 5.10. The summed E-state index contributed by atoms with van der Waals surface area (Å²) in [6.45, 7) is 4.55. The topological polar surface area (TPSA) is 0 Å². The van der Waals surface area contributed by atoms with Crippen molar-refractivity contribution in [2.45, 2.75) is 64.0 Å². The van der Waals surface area contributed by atoms with E-state index in [1.54, 1.807) is 0 Å². The molecule has 0 saturated heterocycles. The summed E-state index contributed by atoms with van der Waals surface area (Å²) < 4.78 is 0. The average Bonchev–Trinajstić information content (AvgIpc) is 2.17. The maximum absolute atomic E-state index is 5.68. The first-order valence-corrected chi connectivity index (χ1v) is 7.57. The largest absolute Gasteiger partial charge is 0.159 e. The minimum Gasteiger partial charge on any atom is -0.159 e. The van der Waals surface area contributed by atoms with Crippen LogP contribution in [0.5, 0.6) is 0 Å². The third kappa shape index (κ3) is 10.7. The number of hydrogen-bond donors (Lipinski definition) is 0. The highest BCUT2D eigenvalue weighted by molar-refractivity contribution is 7.99. The molecule has 0 aromatic carbocycles. The van der Waals surface area contributed by atoms with E-state index in [0.29, 0.717) is 0 Å². The van der Waals surface area contributed by atoms with Crippen LogP contribution in [0.1, 0.15) is 58.8 Å². The molecule has 0 saturated carbocycles. The maximum Gasteiger partial charge on any atom is 0.0233 e. The molecule has 14 heavy (non-hydrogen) atoms. The molecule has 0 bridgehead atoms. The number of hydrogen-bond acceptors (Lipinski definition) is 1. The second-order valence-corrected chi connectivity index (χ2v) is 5.85.